The van der Waals surface area contributed by atoms with E-state index in [1.807, 2.05) is 0 Å². The lowest BCUT2D eigenvalue weighted by molar-refractivity contribution is 0.116. The van der Waals surface area contributed by atoms with Crippen molar-refractivity contribution in [3.63, 3.8) is 0 Å². The molecule has 3 N–H and O–H groups in total. The lowest BCUT2D eigenvalue weighted by Gasteiger charge is -2.10. The van der Waals surface area contributed by atoms with Crippen LogP contribution in [0.2, 0.25) is 0 Å². The lowest BCUT2D eigenvalue weighted by Crippen LogP contribution is -2.18. The summed E-state index contributed by atoms with van der Waals surface area (Å²) < 4.78 is 24.1. The fourth-order valence-corrected chi connectivity index (χ4v) is 0.878. The molecule has 0 amide bonds. The van der Waals surface area contributed by atoms with Gasteiger partial charge in [0.05, 0.1) is 6.04 Å². The number of alkyl halides is 2. The fourth-order valence-electron chi connectivity index (χ4n) is 0.878. The van der Waals surface area contributed by atoms with Gasteiger partial charge in [0.2, 0.25) is 0 Å². The molecule has 1 rings (SSSR count). The predicted molar refractivity (Wildman–Crippen MR) is 41.0 cm³/mol. The minimum Gasteiger partial charge on any atom is -0.508 e. The first-order valence-corrected chi connectivity index (χ1v) is 3.44. The second-order valence-corrected chi connectivity index (χ2v) is 2.46. The molecule has 1 unspecified atom stereocenters. The molecule has 1 aromatic carbocycles. The van der Waals surface area contributed by atoms with Gasteiger partial charge in [0.15, 0.2) is 0 Å². The standard InChI is InChI=1S/C8H9F2NO/c9-8(10)7(11)5-2-1-3-6(12)4-5/h1-4,7-8,12H,11H2. The van der Waals surface area contributed by atoms with Crippen molar-refractivity contribution in [2.45, 2.75) is 12.5 Å². The molecule has 0 spiro atoms. The normalized spacial score (nSPS) is 13.3. The van der Waals surface area contributed by atoms with E-state index in [0.29, 0.717) is 0 Å². The quantitative estimate of drug-likeness (QED) is 0.714. The molecule has 0 aliphatic rings. The molecule has 2 nitrogen and oxygen atoms in total. The summed E-state index contributed by atoms with van der Waals surface area (Å²) in [5.74, 6) is -0.0522. The average molecular weight is 173 g/mol. The van der Waals surface area contributed by atoms with Gasteiger partial charge in [-0.1, -0.05) is 12.1 Å². The molecule has 0 heterocycles. The van der Waals surface area contributed by atoms with Crippen molar-refractivity contribution in [2.75, 3.05) is 0 Å². The molecule has 1 atom stereocenters. The number of halogens is 2. The maximum atomic E-state index is 12.0. The molecule has 0 aliphatic heterocycles. The molecule has 0 saturated carbocycles. The largest absolute Gasteiger partial charge is 0.508 e. The highest BCUT2D eigenvalue weighted by atomic mass is 19.3. The van der Waals surface area contributed by atoms with Crippen LogP contribution < -0.4 is 5.73 Å². The number of aromatic hydroxyl groups is 1. The van der Waals surface area contributed by atoms with Crippen molar-refractivity contribution in [3.8, 4) is 5.75 Å². The topological polar surface area (TPSA) is 46.2 Å². The van der Waals surface area contributed by atoms with Gasteiger partial charge in [-0.15, -0.1) is 0 Å². The van der Waals surface area contributed by atoms with E-state index in [9.17, 15) is 8.78 Å². The van der Waals surface area contributed by atoms with E-state index >= 15 is 0 Å². The smallest absolute Gasteiger partial charge is 0.257 e. The van der Waals surface area contributed by atoms with Gasteiger partial charge in [-0.3, -0.25) is 0 Å². The Labute approximate surface area is 68.6 Å². The second kappa shape index (κ2) is 3.49. The number of benzene rings is 1. The Morgan fingerprint density at radius 1 is 1.33 bits per heavy atom. The van der Waals surface area contributed by atoms with Gasteiger partial charge < -0.3 is 10.8 Å². The highest BCUT2D eigenvalue weighted by molar-refractivity contribution is 5.29. The van der Waals surface area contributed by atoms with E-state index in [1.54, 1.807) is 0 Å². The number of phenols is 1. The van der Waals surface area contributed by atoms with Crippen molar-refractivity contribution in [1.29, 1.82) is 0 Å². The third kappa shape index (κ3) is 1.92. The number of nitrogens with two attached hydrogens (primary N) is 1. The summed E-state index contributed by atoms with van der Waals surface area (Å²) in [6.45, 7) is 0. The summed E-state index contributed by atoms with van der Waals surface area (Å²) in [6.07, 6.45) is -2.60. The molecule has 1 aromatic rings. The van der Waals surface area contributed by atoms with Crippen LogP contribution in [-0.2, 0) is 0 Å². The Balaban J connectivity index is 2.88. The maximum absolute atomic E-state index is 12.0. The number of hydrogen-bond donors (Lipinski definition) is 2. The van der Waals surface area contributed by atoms with E-state index in [2.05, 4.69) is 0 Å². The summed E-state index contributed by atoms with van der Waals surface area (Å²) >= 11 is 0. The molecule has 0 bridgehead atoms. The molecular formula is C8H9F2NO. The van der Waals surface area contributed by atoms with Gasteiger partial charge in [-0.25, -0.2) is 8.78 Å². The molecule has 66 valence electrons. The highest BCUT2D eigenvalue weighted by Crippen LogP contribution is 2.20. The molecular weight excluding hydrogens is 164 g/mol. The SMILES string of the molecule is NC(c1cccc(O)c1)C(F)F. The first kappa shape index (κ1) is 8.93. The molecule has 0 aromatic heterocycles. The van der Waals surface area contributed by atoms with E-state index < -0.39 is 12.5 Å². The Bertz CT molecular complexity index is 265. The summed E-state index contributed by atoms with van der Waals surface area (Å²) in [5, 5.41) is 8.94. The summed E-state index contributed by atoms with van der Waals surface area (Å²) in [6, 6.07) is 4.25. The average Bonchev–Trinajstić information content (AvgIpc) is 2.03. The van der Waals surface area contributed by atoms with Crippen LogP contribution in [0.3, 0.4) is 0 Å². The van der Waals surface area contributed by atoms with Crippen molar-refractivity contribution < 1.29 is 13.9 Å². The van der Waals surface area contributed by atoms with Gasteiger partial charge in [0.1, 0.15) is 5.75 Å². The molecule has 0 radical (unpaired) electrons. The second-order valence-electron chi connectivity index (χ2n) is 2.46. The Hall–Kier alpha value is -1.16. The van der Waals surface area contributed by atoms with Crippen LogP contribution in [0.5, 0.6) is 5.75 Å². The molecule has 0 saturated heterocycles. The first-order chi connectivity index (χ1) is 5.61. The fraction of sp³-hybridized carbons (Fsp3) is 0.250. The first-order valence-electron chi connectivity index (χ1n) is 3.44. The lowest BCUT2D eigenvalue weighted by atomic mass is 10.1. The highest BCUT2D eigenvalue weighted by Gasteiger charge is 2.17. The van der Waals surface area contributed by atoms with Crippen LogP contribution in [0.4, 0.5) is 8.78 Å². The van der Waals surface area contributed by atoms with Gasteiger partial charge in [0.25, 0.3) is 6.43 Å². The summed E-state index contributed by atoms with van der Waals surface area (Å²) in [5.41, 5.74) is 5.39. The van der Waals surface area contributed by atoms with Crippen LogP contribution in [0.15, 0.2) is 24.3 Å². The third-order valence-electron chi connectivity index (χ3n) is 1.53. The zero-order valence-corrected chi connectivity index (χ0v) is 6.24. The minimum absolute atomic E-state index is 0.0522. The van der Waals surface area contributed by atoms with Crippen molar-refractivity contribution >= 4 is 0 Å². The van der Waals surface area contributed by atoms with Crippen LogP contribution in [0, 0.1) is 0 Å². The zero-order chi connectivity index (χ0) is 9.14. The van der Waals surface area contributed by atoms with Crippen LogP contribution in [0.1, 0.15) is 11.6 Å². The monoisotopic (exact) mass is 173 g/mol. The minimum atomic E-state index is -2.60. The van der Waals surface area contributed by atoms with Gasteiger partial charge in [0, 0.05) is 0 Å². The van der Waals surface area contributed by atoms with Gasteiger partial charge in [-0.2, -0.15) is 0 Å². The number of hydrogen-bond acceptors (Lipinski definition) is 2. The van der Waals surface area contributed by atoms with Crippen molar-refractivity contribution in [2.24, 2.45) is 5.73 Å². The maximum Gasteiger partial charge on any atom is 0.257 e. The van der Waals surface area contributed by atoms with Crippen molar-refractivity contribution in [3.05, 3.63) is 29.8 Å². The number of rotatable bonds is 2. The summed E-state index contributed by atoms with van der Waals surface area (Å²) in [7, 11) is 0. The van der Waals surface area contributed by atoms with E-state index in [4.69, 9.17) is 10.8 Å². The van der Waals surface area contributed by atoms with Gasteiger partial charge in [-0.05, 0) is 17.7 Å². The predicted octanol–water partition coefficient (Wildman–Crippen LogP) is 1.66. The van der Waals surface area contributed by atoms with E-state index in [-0.39, 0.29) is 11.3 Å². The van der Waals surface area contributed by atoms with Crippen molar-refractivity contribution in [1.82, 2.24) is 0 Å². The van der Waals surface area contributed by atoms with Crippen LogP contribution in [0.25, 0.3) is 0 Å². The molecule has 0 fully saturated rings. The molecule has 4 heteroatoms. The Morgan fingerprint density at radius 2 is 2.00 bits per heavy atom. The van der Waals surface area contributed by atoms with Crippen LogP contribution >= 0.6 is 0 Å². The Kier molecular flexibility index (Phi) is 2.60. The van der Waals surface area contributed by atoms with Crippen LogP contribution in [-0.4, -0.2) is 11.5 Å². The van der Waals surface area contributed by atoms with E-state index in [1.165, 1.54) is 24.3 Å². The Morgan fingerprint density at radius 3 is 2.50 bits per heavy atom. The molecule has 12 heavy (non-hydrogen) atoms. The number of phenolic OH excluding ortho intramolecular Hbond substituents is 1. The van der Waals surface area contributed by atoms with E-state index in [0.717, 1.165) is 0 Å². The van der Waals surface area contributed by atoms with Gasteiger partial charge >= 0.3 is 0 Å². The third-order valence-corrected chi connectivity index (χ3v) is 1.53. The molecule has 0 aliphatic carbocycles. The zero-order valence-electron chi connectivity index (χ0n) is 6.24. The summed E-state index contributed by atoms with van der Waals surface area (Å²) in [4.78, 5) is 0.